The number of benzene rings is 4. The Morgan fingerprint density at radius 1 is 0.810 bits per heavy atom. The molecule has 58 heavy (non-hydrogen) atoms. The van der Waals surface area contributed by atoms with E-state index in [4.69, 9.17) is 17.1 Å². The molecule has 4 aromatic heterocycles. The Morgan fingerprint density at radius 2 is 1.52 bits per heavy atom. The van der Waals surface area contributed by atoms with Crippen molar-refractivity contribution in [1.29, 1.82) is 0 Å². The zero-order valence-corrected chi connectivity index (χ0v) is 39.3. The quantitative estimate of drug-likeness (QED) is 0.123. The minimum atomic E-state index is -1.71. The number of furan rings is 1. The first kappa shape index (κ1) is 40.1. The fourth-order valence-corrected chi connectivity index (χ4v) is 8.74. The predicted molar refractivity (Wildman–Crippen MR) is 243 cm³/mol. The standard InChI is InChI=1S/C29H24N3O.C22H32NSi.Ir/c1-18-16-17-20-19-10-9-11-21(26(19)33-28(20)30-18)27-31-23-13-6-8-15-25(23)32(27)24-14-7-5-12-22(24)29(2,3)4;1-16(2)12-18-14-20(23-15-21(18)24(6,7)8)17-10-9-11-19(13-17)22(3,4)5;/h5-10,12-17H,1-4H3;9,11,13-16H,12H2,1-8H3;/q2*-1;/i;12D2;. The molecule has 0 bridgehead atoms. The van der Waals surface area contributed by atoms with E-state index in [1.165, 1.54) is 11.1 Å². The van der Waals surface area contributed by atoms with Crippen molar-refractivity contribution < 1.29 is 27.3 Å². The number of fused-ring (bicyclic) bond motifs is 4. The van der Waals surface area contributed by atoms with Gasteiger partial charge in [0.25, 0.3) is 0 Å². The molecule has 0 saturated carbocycles. The Hall–Kier alpha value is -4.68. The zero-order valence-electron chi connectivity index (χ0n) is 37.9. The maximum Gasteiger partial charge on any atom is 0.216 e. The number of hydrogen-bond acceptors (Lipinski definition) is 4. The summed E-state index contributed by atoms with van der Waals surface area (Å²) in [5.74, 6) is 0.715. The summed E-state index contributed by atoms with van der Waals surface area (Å²) in [6, 6.07) is 39.7. The van der Waals surface area contributed by atoms with Crippen molar-refractivity contribution >= 4 is 46.4 Å². The van der Waals surface area contributed by atoms with Gasteiger partial charge in [0.2, 0.25) is 5.71 Å². The Kier molecular flexibility index (Phi) is 11.4. The molecule has 5 nitrogen and oxygen atoms in total. The minimum Gasteiger partial charge on any atom is -0.486 e. The number of rotatable bonds is 6. The topological polar surface area (TPSA) is 56.7 Å². The second kappa shape index (κ2) is 16.5. The first-order valence-electron chi connectivity index (χ1n) is 21.0. The summed E-state index contributed by atoms with van der Waals surface area (Å²) in [5, 5.41) is 3.13. The van der Waals surface area contributed by atoms with Crippen LogP contribution in [0.25, 0.3) is 61.4 Å². The van der Waals surface area contributed by atoms with Crippen LogP contribution in [0, 0.1) is 25.0 Å². The molecule has 0 aliphatic carbocycles. The van der Waals surface area contributed by atoms with Gasteiger partial charge in [-0.2, -0.15) is 0 Å². The van der Waals surface area contributed by atoms with Crippen LogP contribution >= 0.6 is 0 Å². The maximum atomic E-state index is 8.69. The first-order chi connectivity index (χ1) is 27.7. The number of nitrogens with zero attached hydrogens (tertiary/aromatic N) is 4. The van der Waals surface area contributed by atoms with Gasteiger partial charge in [0.05, 0.1) is 30.5 Å². The molecule has 7 heteroatoms. The molecule has 0 fully saturated rings. The van der Waals surface area contributed by atoms with Gasteiger partial charge >= 0.3 is 0 Å². The van der Waals surface area contributed by atoms with Gasteiger partial charge in [0.1, 0.15) is 0 Å². The largest absolute Gasteiger partial charge is 0.486 e. The Bertz CT molecular complexity index is 2820. The minimum absolute atomic E-state index is 0. The second-order valence-electron chi connectivity index (χ2n) is 18.4. The summed E-state index contributed by atoms with van der Waals surface area (Å²) in [5.41, 5.74) is 11.3. The van der Waals surface area contributed by atoms with E-state index >= 15 is 0 Å². The number of aryl methyl sites for hydroxylation is 1. The number of hydrogen-bond donors (Lipinski definition) is 0. The van der Waals surface area contributed by atoms with Gasteiger partial charge in [-0.1, -0.05) is 128 Å². The van der Waals surface area contributed by atoms with Crippen molar-refractivity contribution in [3.05, 3.63) is 138 Å². The predicted octanol–water partition coefficient (Wildman–Crippen LogP) is 13.0. The molecule has 0 saturated heterocycles. The van der Waals surface area contributed by atoms with Crippen molar-refractivity contribution in [2.45, 2.75) is 99.2 Å². The van der Waals surface area contributed by atoms with Crippen molar-refractivity contribution in [1.82, 2.24) is 19.5 Å². The molecule has 301 valence electrons. The molecule has 0 atom stereocenters. The molecule has 8 rings (SSSR count). The third-order valence-corrected chi connectivity index (χ3v) is 12.3. The van der Waals surface area contributed by atoms with Crippen LogP contribution in [0.15, 0.2) is 108 Å². The van der Waals surface area contributed by atoms with E-state index in [-0.39, 0.29) is 36.9 Å². The molecule has 0 spiro atoms. The van der Waals surface area contributed by atoms with Crippen LogP contribution in [0.3, 0.4) is 0 Å². The van der Waals surface area contributed by atoms with Gasteiger partial charge in [0, 0.05) is 45.8 Å². The van der Waals surface area contributed by atoms with E-state index in [2.05, 4.69) is 144 Å². The average Bonchev–Trinajstić information content (AvgIpc) is 3.75. The molecule has 4 heterocycles. The first-order valence-corrected chi connectivity index (χ1v) is 23.5. The van der Waals surface area contributed by atoms with Crippen LogP contribution in [0.4, 0.5) is 0 Å². The summed E-state index contributed by atoms with van der Waals surface area (Å²) >= 11 is 0. The van der Waals surface area contributed by atoms with E-state index in [9.17, 15) is 0 Å². The fraction of sp³-hybridized carbons (Fsp3) is 0.314. The van der Waals surface area contributed by atoms with Gasteiger partial charge in [-0.05, 0) is 76.8 Å². The maximum absolute atomic E-state index is 8.69. The third-order valence-electron chi connectivity index (χ3n) is 10.3. The summed E-state index contributed by atoms with van der Waals surface area (Å²) < 4.78 is 25.9. The number of imidazole rings is 1. The van der Waals surface area contributed by atoms with Crippen LogP contribution in [-0.4, -0.2) is 27.6 Å². The Balaban J connectivity index is 0.000000204. The Labute approximate surface area is 362 Å². The molecule has 0 N–H and O–H groups in total. The van der Waals surface area contributed by atoms with Gasteiger partial charge < -0.3 is 14.0 Å². The molecule has 4 aromatic carbocycles. The summed E-state index contributed by atoms with van der Waals surface area (Å²) in [6.45, 7) is 25.9. The van der Waals surface area contributed by atoms with Crippen molar-refractivity contribution in [2.24, 2.45) is 5.92 Å². The number of pyridine rings is 2. The van der Waals surface area contributed by atoms with E-state index < -0.39 is 14.4 Å². The molecular formula is C51H56IrN4OSi-2. The van der Waals surface area contributed by atoms with Crippen LogP contribution in [0.2, 0.25) is 19.6 Å². The average molecular weight is 963 g/mol. The second-order valence-corrected chi connectivity index (χ2v) is 23.5. The third kappa shape index (κ3) is 8.83. The fourth-order valence-electron chi connectivity index (χ4n) is 7.33. The van der Waals surface area contributed by atoms with Gasteiger partial charge in [-0.15, -0.1) is 53.6 Å². The molecule has 1 radical (unpaired) electrons. The van der Waals surface area contributed by atoms with E-state index in [1.54, 1.807) is 0 Å². The van der Waals surface area contributed by atoms with Crippen molar-refractivity contribution in [3.8, 4) is 28.3 Å². The molecule has 0 aliphatic rings. The Morgan fingerprint density at radius 3 is 2.22 bits per heavy atom. The normalized spacial score (nSPS) is 13.0. The van der Waals surface area contributed by atoms with Gasteiger partial charge in [0.15, 0.2) is 0 Å². The molecule has 8 aromatic rings. The van der Waals surface area contributed by atoms with E-state index in [1.807, 2.05) is 63.4 Å². The monoisotopic (exact) mass is 963 g/mol. The molecule has 0 unspecified atom stereocenters. The van der Waals surface area contributed by atoms with Crippen LogP contribution in [0.5, 0.6) is 0 Å². The van der Waals surface area contributed by atoms with E-state index in [0.29, 0.717) is 5.71 Å². The van der Waals surface area contributed by atoms with Gasteiger partial charge in [-0.25, -0.2) is 4.98 Å². The number of para-hydroxylation sites is 3. The van der Waals surface area contributed by atoms with Crippen molar-refractivity contribution in [2.75, 3.05) is 0 Å². The van der Waals surface area contributed by atoms with Gasteiger partial charge in [-0.3, -0.25) is 4.98 Å². The summed E-state index contributed by atoms with van der Waals surface area (Å²) in [6.07, 6.45) is 0.531. The van der Waals surface area contributed by atoms with Crippen LogP contribution in [0.1, 0.15) is 80.5 Å². The van der Waals surface area contributed by atoms with Crippen molar-refractivity contribution in [3.63, 3.8) is 0 Å². The molecule has 0 aliphatic heterocycles. The van der Waals surface area contributed by atoms with E-state index in [0.717, 1.165) is 72.2 Å². The molecular weight excluding hydrogens is 905 g/mol. The zero-order chi connectivity index (χ0) is 42.7. The van der Waals surface area contributed by atoms with Crippen LogP contribution in [-0.2, 0) is 37.3 Å². The SMILES string of the molecule is Cc1ccc2c(n1)oc1c(-c3nc4ccccc4n3-c3ccccc3C(C)(C)C)[c-]ccc12.[2H]C([2H])(c1cc(-c2[c-]ccc(C(C)(C)C)c2)ncc1[Si](C)(C)C)C(C)C.[Ir]. The molecule has 0 amide bonds. The smallest absolute Gasteiger partial charge is 0.216 e. The summed E-state index contributed by atoms with van der Waals surface area (Å²) in [4.78, 5) is 14.4. The number of aromatic nitrogens is 4. The van der Waals surface area contributed by atoms with Crippen LogP contribution < -0.4 is 5.19 Å². The summed E-state index contributed by atoms with van der Waals surface area (Å²) in [7, 11) is -1.71.